The smallest absolute Gasteiger partial charge is 0.349 e. The van der Waals surface area contributed by atoms with Gasteiger partial charge in [0.15, 0.2) is 23.1 Å². The molecule has 0 unspecified atom stereocenters. The largest absolute Gasteiger partial charge is 0.478 e. The number of fused-ring (bicyclic) bond motifs is 4. The van der Waals surface area contributed by atoms with E-state index in [2.05, 4.69) is 0 Å². The fourth-order valence-corrected chi connectivity index (χ4v) is 5.87. The molecule has 15 heteroatoms. The van der Waals surface area contributed by atoms with E-state index in [0.717, 1.165) is 0 Å². The molecule has 4 aromatic rings. The highest BCUT2D eigenvalue weighted by Gasteiger charge is 2.42. The van der Waals surface area contributed by atoms with Gasteiger partial charge in [0.2, 0.25) is 0 Å². The lowest BCUT2D eigenvalue weighted by Crippen LogP contribution is -2.30. The zero-order chi connectivity index (χ0) is 34.2. The van der Waals surface area contributed by atoms with Crippen LogP contribution in [0.3, 0.4) is 0 Å². The van der Waals surface area contributed by atoms with E-state index in [-0.39, 0.29) is 22.3 Å². The summed E-state index contributed by atoms with van der Waals surface area (Å²) in [5, 5.41) is 20.0. The van der Waals surface area contributed by atoms with E-state index >= 15 is 0 Å². The Morgan fingerprint density at radius 1 is 0.447 bits per heavy atom. The van der Waals surface area contributed by atoms with E-state index in [9.17, 15) is 48.6 Å². The molecule has 2 aliphatic carbocycles. The molecule has 10 N–H and O–H groups in total. The number of carbonyl (C=O) groups excluding carboxylic acids is 6. The van der Waals surface area contributed by atoms with Crippen LogP contribution in [0.15, 0.2) is 48.5 Å². The Labute approximate surface area is 261 Å². The molecule has 47 heavy (non-hydrogen) atoms. The van der Waals surface area contributed by atoms with Crippen LogP contribution in [-0.4, -0.2) is 57.2 Å². The highest BCUT2D eigenvalue weighted by atomic mass is 16.6. The minimum absolute atomic E-state index is 0.102. The van der Waals surface area contributed by atoms with Crippen molar-refractivity contribution in [2.75, 3.05) is 22.9 Å². The molecule has 15 nitrogen and oxygen atoms in total. The number of carboxylic acids is 2. The van der Waals surface area contributed by atoms with Crippen LogP contribution in [0.25, 0.3) is 0 Å². The number of aromatic carboxylic acids is 2. The summed E-state index contributed by atoms with van der Waals surface area (Å²) >= 11 is 0. The lowest BCUT2D eigenvalue weighted by atomic mass is 9.79. The highest BCUT2D eigenvalue weighted by molar-refractivity contribution is 6.36. The fourth-order valence-electron chi connectivity index (χ4n) is 5.87. The molecule has 0 aliphatic heterocycles. The Balaban J connectivity index is 1.52. The average Bonchev–Trinajstić information content (AvgIpc) is 3.03. The van der Waals surface area contributed by atoms with Crippen LogP contribution in [0.4, 0.5) is 22.7 Å². The molecule has 6 rings (SSSR count). The first-order valence-corrected chi connectivity index (χ1v) is 13.3. The lowest BCUT2D eigenvalue weighted by Gasteiger charge is -2.24. The molecular formula is C32H18N4O11. The highest BCUT2D eigenvalue weighted by Crippen LogP contribution is 2.42. The molecule has 0 amide bonds. The van der Waals surface area contributed by atoms with Gasteiger partial charge in [-0.05, 0) is 0 Å². The summed E-state index contributed by atoms with van der Waals surface area (Å²) < 4.78 is 4.85. The first-order chi connectivity index (χ1) is 22.2. The van der Waals surface area contributed by atoms with E-state index in [1.165, 1.54) is 48.5 Å². The van der Waals surface area contributed by atoms with E-state index in [4.69, 9.17) is 27.7 Å². The number of anilines is 4. The summed E-state index contributed by atoms with van der Waals surface area (Å²) in [5.74, 6) is -11.0. The van der Waals surface area contributed by atoms with Gasteiger partial charge in [0.25, 0.3) is 0 Å². The monoisotopic (exact) mass is 634 g/mol. The van der Waals surface area contributed by atoms with Crippen LogP contribution in [0.1, 0.15) is 105 Å². The molecule has 0 atom stereocenters. The van der Waals surface area contributed by atoms with Gasteiger partial charge in [-0.3, -0.25) is 19.2 Å². The first-order valence-electron chi connectivity index (χ1n) is 13.3. The predicted octanol–water partition coefficient (Wildman–Crippen LogP) is 1.96. The standard InChI is InChI=1S/C32H18N4O11/c33-21-13-15(27(39)11-7-3-1-5-9(11)25(13)37)23(35)19(17(21)29(41)42)31(45)47-32(46)20-18(30(43)44)22(34)14-16(24(20)36)28(40)12-8-4-2-6-10(12)26(14)38/h1-8H,33-36H2,(H,41,42)(H,43,44). The van der Waals surface area contributed by atoms with Crippen molar-refractivity contribution in [3.63, 3.8) is 0 Å². The van der Waals surface area contributed by atoms with Crippen molar-refractivity contribution in [2.45, 2.75) is 0 Å². The molecule has 0 saturated heterocycles. The molecule has 0 saturated carbocycles. The molecule has 0 spiro atoms. The van der Waals surface area contributed by atoms with Crippen LogP contribution in [-0.2, 0) is 4.74 Å². The molecule has 232 valence electrons. The van der Waals surface area contributed by atoms with Crippen LogP contribution < -0.4 is 22.9 Å². The summed E-state index contributed by atoms with van der Waals surface area (Å²) in [6.45, 7) is 0. The number of ether oxygens (including phenoxy) is 1. The third-order valence-electron chi connectivity index (χ3n) is 7.92. The topological polar surface area (TPSA) is 290 Å². The quantitative estimate of drug-likeness (QED) is 0.0917. The number of hydrogen-bond donors (Lipinski definition) is 6. The van der Waals surface area contributed by atoms with Crippen LogP contribution in [0, 0.1) is 0 Å². The maximum absolute atomic E-state index is 13.5. The molecule has 2 aliphatic rings. The Morgan fingerprint density at radius 3 is 0.915 bits per heavy atom. The summed E-state index contributed by atoms with van der Waals surface area (Å²) in [7, 11) is 0. The van der Waals surface area contributed by atoms with Gasteiger partial charge in [-0.1, -0.05) is 48.5 Å². The third kappa shape index (κ3) is 4.00. The van der Waals surface area contributed by atoms with Gasteiger partial charge in [0.1, 0.15) is 11.1 Å². The molecule has 4 aromatic carbocycles. The number of carbonyl (C=O) groups is 8. The minimum Gasteiger partial charge on any atom is -0.478 e. The molecule has 0 radical (unpaired) electrons. The number of carboxylic acid groups (broad SMARTS) is 2. The Hall–Kier alpha value is -7.16. The number of esters is 2. The molecule has 0 fully saturated rings. The van der Waals surface area contributed by atoms with Crippen molar-refractivity contribution in [2.24, 2.45) is 0 Å². The fraction of sp³-hybridized carbons (Fsp3) is 0. The van der Waals surface area contributed by atoms with E-state index in [1.807, 2.05) is 0 Å². The average molecular weight is 635 g/mol. The number of benzene rings is 4. The van der Waals surface area contributed by atoms with Gasteiger partial charge in [0, 0.05) is 22.3 Å². The molecular weight excluding hydrogens is 616 g/mol. The number of hydrogen-bond acceptors (Lipinski definition) is 13. The van der Waals surface area contributed by atoms with Crippen molar-refractivity contribution < 1.29 is 53.3 Å². The van der Waals surface area contributed by atoms with Gasteiger partial charge in [0.05, 0.1) is 56.1 Å². The van der Waals surface area contributed by atoms with Crippen LogP contribution in [0.2, 0.25) is 0 Å². The zero-order valence-electron chi connectivity index (χ0n) is 23.5. The van der Waals surface area contributed by atoms with Crippen molar-refractivity contribution in [3.05, 3.63) is 115 Å². The number of nitrogens with two attached hydrogens (primary N) is 4. The van der Waals surface area contributed by atoms with Crippen molar-refractivity contribution >= 4 is 69.8 Å². The van der Waals surface area contributed by atoms with Gasteiger partial charge in [-0.2, -0.15) is 0 Å². The van der Waals surface area contributed by atoms with Crippen LogP contribution in [0.5, 0.6) is 0 Å². The Morgan fingerprint density at radius 2 is 0.681 bits per heavy atom. The van der Waals surface area contributed by atoms with E-state index < -0.39 is 114 Å². The summed E-state index contributed by atoms with van der Waals surface area (Å²) in [5.41, 5.74) is 13.6. The number of ketones is 4. The maximum atomic E-state index is 13.5. The Kier molecular flexibility index (Phi) is 6.49. The molecule has 0 bridgehead atoms. The Bertz CT molecular complexity index is 2130. The molecule has 0 heterocycles. The predicted molar refractivity (Wildman–Crippen MR) is 161 cm³/mol. The van der Waals surface area contributed by atoms with Crippen molar-refractivity contribution in [1.82, 2.24) is 0 Å². The maximum Gasteiger partial charge on any atom is 0.349 e. The van der Waals surface area contributed by atoms with Crippen molar-refractivity contribution in [1.29, 1.82) is 0 Å². The van der Waals surface area contributed by atoms with Gasteiger partial charge in [-0.25, -0.2) is 19.2 Å². The zero-order valence-corrected chi connectivity index (χ0v) is 23.5. The summed E-state index contributed by atoms with van der Waals surface area (Å²) in [6.07, 6.45) is 0. The molecule has 0 aromatic heterocycles. The van der Waals surface area contributed by atoms with Gasteiger partial charge < -0.3 is 37.9 Å². The second-order valence-corrected chi connectivity index (χ2v) is 10.3. The van der Waals surface area contributed by atoms with E-state index in [0.29, 0.717) is 0 Å². The number of nitrogen functional groups attached to an aromatic ring is 4. The third-order valence-corrected chi connectivity index (χ3v) is 7.92. The SMILES string of the molecule is Nc1c(C(=O)O)c(C(=O)OC(=O)c2c(N)c3c(c(N)c2C(=O)O)C(=O)c2ccccc2C3=O)c(N)c2c1C(=O)c1ccccc1C2=O. The van der Waals surface area contributed by atoms with Gasteiger partial charge in [-0.15, -0.1) is 0 Å². The van der Waals surface area contributed by atoms with Gasteiger partial charge >= 0.3 is 23.9 Å². The summed E-state index contributed by atoms with van der Waals surface area (Å²) in [4.78, 5) is 105. The van der Waals surface area contributed by atoms with Crippen LogP contribution >= 0.6 is 0 Å². The first kappa shape index (κ1) is 29.9. The normalized spacial score (nSPS) is 12.9. The lowest BCUT2D eigenvalue weighted by molar-refractivity contribution is 0.0388. The second kappa shape index (κ2) is 10.2. The minimum atomic E-state index is -1.90. The number of rotatable bonds is 4. The van der Waals surface area contributed by atoms with Crippen molar-refractivity contribution in [3.8, 4) is 0 Å². The second-order valence-electron chi connectivity index (χ2n) is 10.3. The van der Waals surface area contributed by atoms with E-state index in [1.54, 1.807) is 0 Å². The summed E-state index contributed by atoms with van der Waals surface area (Å²) in [6, 6.07) is 11.0.